The van der Waals surface area contributed by atoms with E-state index in [1.807, 2.05) is 6.07 Å². The molecule has 19 heavy (non-hydrogen) atoms. The van der Waals surface area contributed by atoms with E-state index in [0.717, 1.165) is 24.7 Å². The summed E-state index contributed by atoms with van der Waals surface area (Å²) in [7, 11) is 2.11. The van der Waals surface area contributed by atoms with Crippen molar-refractivity contribution in [1.82, 2.24) is 9.97 Å². The Morgan fingerprint density at radius 3 is 2.63 bits per heavy atom. The van der Waals surface area contributed by atoms with E-state index in [9.17, 15) is 4.79 Å². The molecule has 1 saturated carbocycles. The number of rotatable bonds is 3. The number of Topliss-reactive ketones (excluding diaryl/α,β-unsaturated/α-hetero) is 1. The predicted molar refractivity (Wildman–Crippen MR) is 74.5 cm³/mol. The summed E-state index contributed by atoms with van der Waals surface area (Å²) in [4.78, 5) is 24.4. The minimum absolute atomic E-state index is 0.358. The summed E-state index contributed by atoms with van der Waals surface area (Å²) in [5, 5.41) is 0. The summed E-state index contributed by atoms with van der Waals surface area (Å²) in [5.41, 5.74) is 0. The number of carbonyl (C=O) groups excluding carboxylic acids is 1. The molecular weight excluding hydrogens is 240 g/mol. The lowest BCUT2D eigenvalue weighted by Gasteiger charge is -2.36. The quantitative estimate of drug-likeness (QED) is 0.827. The topological polar surface area (TPSA) is 49.3 Å². The molecule has 1 aromatic heterocycles. The third kappa shape index (κ3) is 2.55. The van der Waals surface area contributed by atoms with Crippen molar-refractivity contribution in [3.63, 3.8) is 0 Å². The van der Waals surface area contributed by atoms with Crippen LogP contribution in [-0.4, -0.2) is 41.9 Å². The molecule has 1 saturated heterocycles. The first-order valence-electron chi connectivity index (χ1n) is 7.05. The van der Waals surface area contributed by atoms with Gasteiger partial charge < -0.3 is 9.80 Å². The fourth-order valence-electron chi connectivity index (χ4n) is 2.65. The normalized spacial score (nSPS) is 20.3. The Hall–Kier alpha value is -1.65. The maximum Gasteiger partial charge on any atom is 0.136 e. The van der Waals surface area contributed by atoms with Gasteiger partial charge in [0.05, 0.1) is 0 Å². The lowest BCUT2D eigenvalue weighted by atomic mass is 9.92. The third-order valence-corrected chi connectivity index (χ3v) is 4.27. The van der Waals surface area contributed by atoms with Gasteiger partial charge in [-0.3, -0.25) is 4.79 Å². The average molecular weight is 260 g/mol. The van der Waals surface area contributed by atoms with Gasteiger partial charge in [0.15, 0.2) is 0 Å². The van der Waals surface area contributed by atoms with Crippen LogP contribution in [0.1, 0.15) is 32.1 Å². The number of hydrogen-bond acceptors (Lipinski definition) is 5. The smallest absolute Gasteiger partial charge is 0.136 e. The summed E-state index contributed by atoms with van der Waals surface area (Å²) in [5.74, 6) is 2.30. The summed E-state index contributed by atoms with van der Waals surface area (Å²) in [6, 6.07) is 2.68. The molecule has 2 heterocycles. The number of aromatic nitrogens is 2. The van der Waals surface area contributed by atoms with Crippen molar-refractivity contribution in [2.45, 2.75) is 38.1 Å². The third-order valence-electron chi connectivity index (χ3n) is 4.27. The van der Waals surface area contributed by atoms with Crippen LogP contribution in [0.2, 0.25) is 0 Å². The fraction of sp³-hybridized carbons (Fsp3) is 0.643. The summed E-state index contributed by atoms with van der Waals surface area (Å²) >= 11 is 0. The largest absolute Gasteiger partial charge is 0.357 e. The number of hydrogen-bond donors (Lipinski definition) is 0. The van der Waals surface area contributed by atoms with Crippen LogP contribution < -0.4 is 9.80 Å². The van der Waals surface area contributed by atoms with Gasteiger partial charge in [-0.25, -0.2) is 9.97 Å². The molecule has 0 unspecified atom stereocenters. The van der Waals surface area contributed by atoms with Crippen molar-refractivity contribution < 1.29 is 4.79 Å². The minimum Gasteiger partial charge on any atom is -0.357 e. The highest BCUT2D eigenvalue weighted by atomic mass is 16.1. The van der Waals surface area contributed by atoms with Crippen molar-refractivity contribution in [2.24, 2.45) is 0 Å². The number of anilines is 2. The molecule has 0 bridgehead atoms. The molecule has 2 fully saturated rings. The first-order valence-corrected chi connectivity index (χ1v) is 7.05. The Bertz CT molecular complexity index is 462. The fourth-order valence-corrected chi connectivity index (χ4v) is 2.65. The molecule has 5 nitrogen and oxygen atoms in total. The van der Waals surface area contributed by atoms with Crippen molar-refractivity contribution in [3.8, 4) is 0 Å². The van der Waals surface area contributed by atoms with Gasteiger partial charge in [0.25, 0.3) is 0 Å². The van der Waals surface area contributed by atoms with Gasteiger partial charge in [-0.2, -0.15) is 0 Å². The molecule has 2 aliphatic rings. The van der Waals surface area contributed by atoms with Crippen LogP contribution in [0.3, 0.4) is 0 Å². The Morgan fingerprint density at radius 2 is 2.00 bits per heavy atom. The summed E-state index contributed by atoms with van der Waals surface area (Å²) in [6.07, 6.45) is 6.75. The first-order chi connectivity index (χ1) is 9.24. The monoisotopic (exact) mass is 260 g/mol. The summed E-state index contributed by atoms with van der Waals surface area (Å²) in [6.45, 7) is 1.56. The van der Waals surface area contributed by atoms with E-state index in [0.29, 0.717) is 24.7 Å². The van der Waals surface area contributed by atoms with E-state index < -0.39 is 0 Å². The van der Waals surface area contributed by atoms with Crippen LogP contribution in [0.25, 0.3) is 0 Å². The highest BCUT2D eigenvalue weighted by molar-refractivity contribution is 5.80. The second kappa shape index (κ2) is 5.15. The zero-order valence-electron chi connectivity index (χ0n) is 11.4. The van der Waals surface area contributed by atoms with Gasteiger partial charge in [-0.05, 0) is 19.3 Å². The lowest BCUT2D eigenvalue weighted by molar-refractivity contribution is -0.119. The SMILES string of the molecule is CN(c1cc(N2CCC(=O)CC2)ncn1)C1CCC1. The van der Waals surface area contributed by atoms with Crippen LogP contribution in [-0.2, 0) is 4.79 Å². The van der Waals surface area contributed by atoms with Crippen molar-refractivity contribution in [1.29, 1.82) is 0 Å². The molecule has 0 N–H and O–H groups in total. The molecule has 0 spiro atoms. The zero-order chi connectivity index (χ0) is 13.2. The molecule has 1 aromatic rings. The van der Waals surface area contributed by atoms with Gasteiger partial charge in [-0.1, -0.05) is 0 Å². The van der Waals surface area contributed by atoms with Crippen molar-refractivity contribution >= 4 is 17.4 Å². The van der Waals surface area contributed by atoms with E-state index in [1.54, 1.807) is 6.33 Å². The van der Waals surface area contributed by atoms with Gasteiger partial charge in [0.1, 0.15) is 23.7 Å². The van der Waals surface area contributed by atoms with Gasteiger partial charge in [-0.15, -0.1) is 0 Å². The molecule has 0 radical (unpaired) electrons. The number of ketones is 1. The molecule has 5 heteroatoms. The van der Waals surface area contributed by atoms with Crippen LogP contribution in [0, 0.1) is 0 Å². The van der Waals surface area contributed by atoms with E-state index in [1.165, 1.54) is 19.3 Å². The van der Waals surface area contributed by atoms with Crippen LogP contribution in [0.4, 0.5) is 11.6 Å². The summed E-state index contributed by atoms with van der Waals surface area (Å²) < 4.78 is 0. The first kappa shape index (κ1) is 12.4. The average Bonchev–Trinajstić information content (AvgIpc) is 2.38. The Balaban J connectivity index is 1.73. The van der Waals surface area contributed by atoms with Gasteiger partial charge in [0.2, 0.25) is 0 Å². The van der Waals surface area contributed by atoms with Crippen molar-refractivity contribution in [3.05, 3.63) is 12.4 Å². The molecule has 1 aliphatic carbocycles. The van der Waals surface area contributed by atoms with E-state index in [4.69, 9.17) is 0 Å². The minimum atomic E-state index is 0.358. The molecule has 0 amide bonds. The number of carbonyl (C=O) groups is 1. The van der Waals surface area contributed by atoms with Crippen LogP contribution in [0.5, 0.6) is 0 Å². The highest BCUT2D eigenvalue weighted by Crippen LogP contribution is 2.28. The molecule has 0 aromatic carbocycles. The molecule has 1 aliphatic heterocycles. The molecule has 0 atom stereocenters. The van der Waals surface area contributed by atoms with Crippen LogP contribution >= 0.6 is 0 Å². The molecule has 102 valence electrons. The lowest BCUT2D eigenvalue weighted by Crippen LogP contribution is -2.38. The van der Waals surface area contributed by atoms with E-state index in [-0.39, 0.29) is 0 Å². The van der Waals surface area contributed by atoms with Crippen LogP contribution in [0.15, 0.2) is 12.4 Å². The number of nitrogens with zero attached hydrogens (tertiary/aromatic N) is 4. The predicted octanol–water partition coefficient (Wildman–Crippen LogP) is 1.63. The van der Waals surface area contributed by atoms with E-state index >= 15 is 0 Å². The van der Waals surface area contributed by atoms with Gasteiger partial charge in [0, 0.05) is 45.1 Å². The maximum atomic E-state index is 11.3. The van der Waals surface area contributed by atoms with E-state index in [2.05, 4.69) is 26.8 Å². The number of piperidine rings is 1. The maximum absolute atomic E-state index is 11.3. The molecular formula is C14H20N4O. The molecule has 3 rings (SSSR count). The van der Waals surface area contributed by atoms with Crippen molar-refractivity contribution in [2.75, 3.05) is 29.9 Å². The Morgan fingerprint density at radius 1 is 1.26 bits per heavy atom. The Kier molecular flexibility index (Phi) is 3.36. The zero-order valence-corrected chi connectivity index (χ0v) is 11.4. The second-order valence-electron chi connectivity index (χ2n) is 5.46. The second-order valence-corrected chi connectivity index (χ2v) is 5.46. The Labute approximate surface area is 113 Å². The van der Waals surface area contributed by atoms with Gasteiger partial charge >= 0.3 is 0 Å². The highest BCUT2D eigenvalue weighted by Gasteiger charge is 2.24. The standard InChI is InChI=1S/C14H20N4O/c1-17(11-3-2-4-11)13-9-14(16-10-15-13)18-7-5-12(19)6-8-18/h9-11H,2-8H2,1H3.